The Hall–Kier alpha value is -0.940. The number of benzene rings is 2. The summed E-state index contributed by atoms with van der Waals surface area (Å²) in [4.78, 5) is -0.559. The maximum absolute atomic E-state index is 14.0. The molecule has 0 spiro atoms. The van der Waals surface area contributed by atoms with Gasteiger partial charge in [-0.15, -0.1) is 0 Å². The van der Waals surface area contributed by atoms with Gasteiger partial charge in [0.1, 0.15) is 17.4 Å². The molecular weight excluding hydrogens is 382 g/mol. The molecule has 0 heterocycles. The number of hydrogen-bond acceptors (Lipinski definition) is 1. The summed E-state index contributed by atoms with van der Waals surface area (Å²) in [5, 5.41) is 0. The highest BCUT2D eigenvalue weighted by molar-refractivity contribution is 9.10. The van der Waals surface area contributed by atoms with Crippen molar-refractivity contribution >= 4 is 31.9 Å². The van der Waals surface area contributed by atoms with Crippen LogP contribution >= 0.6 is 31.9 Å². The van der Waals surface area contributed by atoms with E-state index in [2.05, 4.69) is 31.9 Å². The smallest absolute Gasteiger partial charge is 0.131 e. The molecular formula is C14H10Br2F2O. The average molecular weight is 392 g/mol. The topological polar surface area (TPSA) is 9.23 Å². The molecule has 2 aromatic rings. The number of hydrogen-bond donors (Lipinski definition) is 0. The molecule has 0 aromatic heterocycles. The second-order valence-corrected chi connectivity index (χ2v) is 5.75. The number of rotatable bonds is 3. The molecule has 1 atom stereocenters. The fourth-order valence-corrected chi connectivity index (χ4v) is 2.82. The number of ether oxygens (including phenoxy) is 1. The Labute approximate surface area is 126 Å². The van der Waals surface area contributed by atoms with Gasteiger partial charge >= 0.3 is 0 Å². The first kappa shape index (κ1) is 14.5. The molecule has 0 N–H and O–H groups in total. The molecule has 1 nitrogen and oxygen atoms in total. The van der Waals surface area contributed by atoms with Crippen molar-refractivity contribution in [3.8, 4) is 5.75 Å². The van der Waals surface area contributed by atoms with Crippen LogP contribution in [0.2, 0.25) is 0 Å². The third-order valence-electron chi connectivity index (χ3n) is 2.71. The third-order valence-corrected chi connectivity index (χ3v) is 4.19. The lowest BCUT2D eigenvalue weighted by molar-refractivity contribution is 0.411. The zero-order valence-electron chi connectivity index (χ0n) is 9.96. The van der Waals surface area contributed by atoms with Gasteiger partial charge in [-0.1, -0.05) is 37.9 Å². The first-order chi connectivity index (χ1) is 9.02. The summed E-state index contributed by atoms with van der Waals surface area (Å²) in [5.74, 6) is -0.406. The molecule has 0 saturated carbocycles. The molecule has 0 aliphatic rings. The molecule has 1 unspecified atom stereocenters. The van der Waals surface area contributed by atoms with E-state index in [1.807, 2.05) is 0 Å². The predicted molar refractivity (Wildman–Crippen MR) is 77.8 cm³/mol. The van der Waals surface area contributed by atoms with E-state index in [-0.39, 0.29) is 5.82 Å². The van der Waals surface area contributed by atoms with E-state index in [1.165, 1.54) is 19.2 Å². The van der Waals surface area contributed by atoms with Crippen molar-refractivity contribution in [1.29, 1.82) is 0 Å². The summed E-state index contributed by atoms with van der Waals surface area (Å²) in [5.41, 5.74) is 0.733. The second-order valence-electron chi connectivity index (χ2n) is 3.92. The maximum atomic E-state index is 14.0. The molecule has 5 heteroatoms. The molecule has 100 valence electrons. The summed E-state index contributed by atoms with van der Waals surface area (Å²) in [6.07, 6.45) is 0. The summed E-state index contributed by atoms with van der Waals surface area (Å²) in [6.45, 7) is 0. The molecule has 0 fully saturated rings. The highest BCUT2D eigenvalue weighted by atomic mass is 79.9. The van der Waals surface area contributed by atoms with Crippen molar-refractivity contribution in [1.82, 2.24) is 0 Å². The Kier molecular flexibility index (Phi) is 4.58. The van der Waals surface area contributed by atoms with E-state index in [0.29, 0.717) is 16.9 Å². The minimum atomic E-state index is -0.559. The molecule has 2 rings (SSSR count). The van der Waals surface area contributed by atoms with Crippen molar-refractivity contribution in [2.75, 3.05) is 7.11 Å². The average Bonchev–Trinajstić information content (AvgIpc) is 2.40. The van der Waals surface area contributed by atoms with Gasteiger partial charge in [-0.25, -0.2) is 8.78 Å². The largest absolute Gasteiger partial charge is 0.497 e. The van der Waals surface area contributed by atoms with Crippen LogP contribution in [0.3, 0.4) is 0 Å². The Morgan fingerprint density at radius 3 is 2.37 bits per heavy atom. The van der Waals surface area contributed by atoms with Crippen LogP contribution in [-0.4, -0.2) is 7.11 Å². The molecule has 2 aromatic carbocycles. The van der Waals surface area contributed by atoms with E-state index in [4.69, 9.17) is 4.74 Å². The second kappa shape index (κ2) is 6.01. The fraction of sp³-hybridized carbons (Fsp3) is 0.143. The van der Waals surface area contributed by atoms with E-state index in [0.717, 1.165) is 4.47 Å². The third kappa shape index (κ3) is 3.15. The van der Waals surface area contributed by atoms with E-state index in [1.54, 1.807) is 24.3 Å². The lowest BCUT2D eigenvalue weighted by Crippen LogP contribution is -2.00. The van der Waals surface area contributed by atoms with Gasteiger partial charge in [0.15, 0.2) is 0 Å². The zero-order chi connectivity index (χ0) is 14.0. The van der Waals surface area contributed by atoms with Gasteiger partial charge < -0.3 is 4.74 Å². The monoisotopic (exact) mass is 390 g/mol. The van der Waals surface area contributed by atoms with Crippen LogP contribution < -0.4 is 4.74 Å². The van der Waals surface area contributed by atoms with Crippen molar-refractivity contribution in [3.63, 3.8) is 0 Å². The van der Waals surface area contributed by atoms with E-state index < -0.39 is 10.6 Å². The Balaban J connectivity index is 2.43. The number of alkyl halides is 1. The first-order valence-electron chi connectivity index (χ1n) is 5.45. The molecule has 0 radical (unpaired) electrons. The van der Waals surface area contributed by atoms with Crippen molar-refractivity contribution in [2.24, 2.45) is 0 Å². The van der Waals surface area contributed by atoms with Gasteiger partial charge in [-0.05, 0) is 24.3 Å². The summed E-state index contributed by atoms with van der Waals surface area (Å²) in [6, 6.07) is 9.06. The molecule has 0 aliphatic carbocycles. The fourth-order valence-electron chi connectivity index (χ4n) is 1.72. The maximum Gasteiger partial charge on any atom is 0.131 e. The standard InChI is InChI=1S/C14H10Br2F2O/c1-19-9-3-4-10(13(18)7-9)14(16)11-6-8(15)2-5-12(11)17/h2-7,14H,1H3. The van der Waals surface area contributed by atoms with Gasteiger partial charge in [-0.3, -0.25) is 0 Å². The summed E-state index contributed by atoms with van der Waals surface area (Å²) in [7, 11) is 1.47. The molecule has 19 heavy (non-hydrogen) atoms. The van der Waals surface area contributed by atoms with Crippen LogP contribution in [0.4, 0.5) is 8.78 Å². The Bertz CT molecular complexity index is 602. The van der Waals surface area contributed by atoms with E-state index in [9.17, 15) is 8.78 Å². The number of halogens is 4. The van der Waals surface area contributed by atoms with Crippen LogP contribution in [0.5, 0.6) is 5.75 Å². The van der Waals surface area contributed by atoms with Crippen molar-refractivity contribution in [3.05, 3.63) is 63.6 Å². The van der Waals surface area contributed by atoms with Gasteiger partial charge in [0, 0.05) is 21.7 Å². The van der Waals surface area contributed by atoms with Crippen LogP contribution in [0.15, 0.2) is 40.9 Å². The van der Waals surface area contributed by atoms with Crippen molar-refractivity contribution in [2.45, 2.75) is 4.83 Å². The van der Waals surface area contributed by atoms with Gasteiger partial charge in [-0.2, -0.15) is 0 Å². The number of methoxy groups -OCH3 is 1. The van der Waals surface area contributed by atoms with Gasteiger partial charge in [0.2, 0.25) is 0 Å². The van der Waals surface area contributed by atoms with Gasteiger partial charge in [0.25, 0.3) is 0 Å². The summed E-state index contributed by atoms with van der Waals surface area (Å²) >= 11 is 6.61. The Morgan fingerprint density at radius 2 is 1.74 bits per heavy atom. The first-order valence-corrected chi connectivity index (χ1v) is 7.16. The SMILES string of the molecule is COc1ccc(C(Br)c2cc(Br)ccc2F)c(F)c1. The zero-order valence-corrected chi connectivity index (χ0v) is 13.1. The highest BCUT2D eigenvalue weighted by Crippen LogP contribution is 2.36. The molecule has 0 saturated heterocycles. The lowest BCUT2D eigenvalue weighted by atomic mass is 10.0. The molecule has 0 amide bonds. The van der Waals surface area contributed by atoms with Crippen LogP contribution in [-0.2, 0) is 0 Å². The quantitative estimate of drug-likeness (QED) is 0.651. The minimum absolute atomic E-state index is 0.359. The van der Waals surface area contributed by atoms with E-state index >= 15 is 0 Å². The minimum Gasteiger partial charge on any atom is -0.497 e. The van der Waals surface area contributed by atoms with Gasteiger partial charge in [0.05, 0.1) is 11.9 Å². The lowest BCUT2D eigenvalue weighted by Gasteiger charge is -2.14. The highest BCUT2D eigenvalue weighted by Gasteiger charge is 2.19. The molecule has 0 bridgehead atoms. The van der Waals surface area contributed by atoms with Crippen LogP contribution in [0.25, 0.3) is 0 Å². The van der Waals surface area contributed by atoms with Crippen LogP contribution in [0, 0.1) is 11.6 Å². The molecule has 0 aliphatic heterocycles. The normalized spacial score (nSPS) is 12.3. The van der Waals surface area contributed by atoms with Crippen molar-refractivity contribution < 1.29 is 13.5 Å². The summed E-state index contributed by atoms with van der Waals surface area (Å²) < 4.78 is 33.4. The predicted octanol–water partition coefficient (Wildman–Crippen LogP) is 5.22. The van der Waals surface area contributed by atoms with Crippen LogP contribution in [0.1, 0.15) is 16.0 Å². The Morgan fingerprint density at radius 1 is 1.00 bits per heavy atom.